The monoisotopic (exact) mass is 220 g/mol. The van der Waals surface area contributed by atoms with Crippen molar-refractivity contribution in [3.8, 4) is 0 Å². The summed E-state index contributed by atoms with van der Waals surface area (Å²) in [7, 11) is 0. The van der Waals surface area contributed by atoms with Gasteiger partial charge in [-0.1, -0.05) is 6.42 Å². The van der Waals surface area contributed by atoms with Gasteiger partial charge in [0, 0.05) is 19.0 Å². The largest absolute Gasteiger partial charge is 0.313 e. The number of rotatable bonds is 4. The number of hydrogen-bond donors (Lipinski definition) is 2. The van der Waals surface area contributed by atoms with Gasteiger partial charge < -0.3 is 5.32 Å². The summed E-state index contributed by atoms with van der Waals surface area (Å²) in [5.74, 6) is 3.83. The fourth-order valence-electron chi connectivity index (χ4n) is 3.36. The van der Waals surface area contributed by atoms with Crippen LogP contribution < -0.4 is 5.32 Å². The normalized spacial score (nSPS) is 32.4. The summed E-state index contributed by atoms with van der Waals surface area (Å²) >= 11 is 0. The third-order valence-electron chi connectivity index (χ3n) is 4.14. The number of fused-ring (bicyclic) bond motifs is 2. The molecule has 2 bridgehead atoms. The Bertz CT molecular complexity index is 360. The van der Waals surface area contributed by atoms with Crippen molar-refractivity contribution < 1.29 is 0 Å². The van der Waals surface area contributed by atoms with Crippen molar-refractivity contribution >= 4 is 0 Å². The summed E-state index contributed by atoms with van der Waals surface area (Å²) in [5, 5.41) is 10.7. The highest BCUT2D eigenvalue weighted by Gasteiger charge is 2.38. The zero-order valence-corrected chi connectivity index (χ0v) is 9.87. The standard InChI is InChI=1S/C12H20N4/c1-8-14-12(16-15-8)4-5-13-11-7-9-2-3-10(11)6-9/h9-11,13H,2-7H2,1H3,(H,14,15,16). The van der Waals surface area contributed by atoms with Crippen LogP contribution in [0.2, 0.25) is 0 Å². The number of H-pyrrole nitrogens is 1. The molecule has 88 valence electrons. The highest BCUT2D eigenvalue weighted by Crippen LogP contribution is 2.44. The summed E-state index contributed by atoms with van der Waals surface area (Å²) in [6, 6.07) is 0.777. The van der Waals surface area contributed by atoms with E-state index in [2.05, 4.69) is 20.5 Å². The lowest BCUT2D eigenvalue weighted by Gasteiger charge is -2.22. The van der Waals surface area contributed by atoms with Crippen LogP contribution in [0.15, 0.2) is 0 Å². The lowest BCUT2D eigenvalue weighted by Crippen LogP contribution is -2.35. The highest BCUT2D eigenvalue weighted by atomic mass is 15.2. The molecule has 16 heavy (non-hydrogen) atoms. The minimum absolute atomic E-state index is 0.777. The average molecular weight is 220 g/mol. The molecular weight excluding hydrogens is 200 g/mol. The molecule has 0 amide bonds. The van der Waals surface area contributed by atoms with Gasteiger partial charge in [0.1, 0.15) is 5.82 Å². The molecule has 2 N–H and O–H groups in total. The van der Waals surface area contributed by atoms with Gasteiger partial charge in [0.15, 0.2) is 5.82 Å². The van der Waals surface area contributed by atoms with E-state index in [9.17, 15) is 0 Å². The lowest BCUT2D eigenvalue weighted by atomic mass is 9.95. The van der Waals surface area contributed by atoms with Crippen molar-refractivity contribution in [2.45, 2.75) is 45.1 Å². The quantitative estimate of drug-likeness (QED) is 0.807. The molecule has 2 aliphatic carbocycles. The molecule has 3 unspecified atom stereocenters. The summed E-state index contributed by atoms with van der Waals surface area (Å²) in [5.41, 5.74) is 0. The van der Waals surface area contributed by atoms with E-state index in [-0.39, 0.29) is 0 Å². The fourth-order valence-corrected chi connectivity index (χ4v) is 3.36. The van der Waals surface area contributed by atoms with Gasteiger partial charge in [-0.15, -0.1) is 0 Å². The van der Waals surface area contributed by atoms with Gasteiger partial charge in [-0.05, 0) is 38.0 Å². The molecule has 0 aromatic carbocycles. The van der Waals surface area contributed by atoms with E-state index in [4.69, 9.17) is 0 Å². The second-order valence-corrected chi connectivity index (χ2v) is 5.32. The topological polar surface area (TPSA) is 53.6 Å². The second kappa shape index (κ2) is 4.17. The van der Waals surface area contributed by atoms with Crippen LogP contribution in [0.1, 0.15) is 37.3 Å². The van der Waals surface area contributed by atoms with E-state index in [1.54, 1.807) is 0 Å². The Morgan fingerprint density at radius 1 is 1.38 bits per heavy atom. The molecule has 1 aromatic heterocycles. The maximum Gasteiger partial charge on any atom is 0.151 e. The van der Waals surface area contributed by atoms with Crippen molar-refractivity contribution in [2.75, 3.05) is 6.54 Å². The van der Waals surface area contributed by atoms with Gasteiger partial charge in [-0.2, -0.15) is 5.10 Å². The van der Waals surface area contributed by atoms with Gasteiger partial charge in [0.2, 0.25) is 0 Å². The molecule has 0 radical (unpaired) electrons. The second-order valence-electron chi connectivity index (χ2n) is 5.32. The minimum Gasteiger partial charge on any atom is -0.313 e. The number of hydrogen-bond acceptors (Lipinski definition) is 3. The summed E-state index contributed by atoms with van der Waals surface area (Å²) < 4.78 is 0. The van der Waals surface area contributed by atoms with Gasteiger partial charge in [-0.25, -0.2) is 4.98 Å². The smallest absolute Gasteiger partial charge is 0.151 e. The molecule has 0 saturated heterocycles. The number of nitrogens with zero attached hydrogens (tertiary/aromatic N) is 2. The van der Waals surface area contributed by atoms with Gasteiger partial charge in [-0.3, -0.25) is 5.10 Å². The Morgan fingerprint density at radius 3 is 2.94 bits per heavy atom. The zero-order valence-electron chi connectivity index (χ0n) is 9.87. The molecule has 3 atom stereocenters. The third kappa shape index (κ3) is 1.98. The van der Waals surface area contributed by atoms with Crippen LogP contribution >= 0.6 is 0 Å². The number of aromatic amines is 1. The molecule has 3 rings (SSSR count). The average Bonchev–Trinajstić information content (AvgIpc) is 2.94. The summed E-state index contributed by atoms with van der Waals surface area (Å²) in [6.45, 7) is 2.96. The number of aryl methyl sites for hydroxylation is 1. The molecule has 2 saturated carbocycles. The SMILES string of the molecule is Cc1nc(CCNC2CC3CCC2C3)n[nH]1. The third-order valence-corrected chi connectivity index (χ3v) is 4.14. The lowest BCUT2D eigenvalue weighted by molar-refractivity contribution is 0.353. The van der Waals surface area contributed by atoms with Gasteiger partial charge in [0.25, 0.3) is 0 Å². The molecule has 1 heterocycles. The van der Waals surface area contributed by atoms with E-state index in [0.29, 0.717) is 0 Å². The molecule has 4 heteroatoms. The first kappa shape index (κ1) is 10.3. The van der Waals surface area contributed by atoms with E-state index in [1.165, 1.54) is 25.7 Å². The molecule has 0 spiro atoms. The Morgan fingerprint density at radius 2 is 2.31 bits per heavy atom. The van der Waals surface area contributed by atoms with Crippen LogP contribution in [-0.2, 0) is 6.42 Å². The molecular formula is C12H20N4. The summed E-state index contributed by atoms with van der Waals surface area (Å²) in [4.78, 5) is 4.32. The molecule has 0 aliphatic heterocycles. The first-order valence-electron chi connectivity index (χ1n) is 6.42. The fraction of sp³-hybridized carbons (Fsp3) is 0.833. The molecule has 2 aliphatic rings. The Labute approximate surface area is 96.2 Å². The number of aromatic nitrogens is 3. The Balaban J connectivity index is 1.44. The predicted octanol–water partition coefficient (Wildman–Crippen LogP) is 1.43. The maximum atomic E-state index is 4.32. The van der Waals surface area contributed by atoms with E-state index in [0.717, 1.165) is 42.5 Å². The van der Waals surface area contributed by atoms with Crippen molar-refractivity contribution in [2.24, 2.45) is 11.8 Å². The van der Waals surface area contributed by atoms with Crippen molar-refractivity contribution in [1.82, 2.24) is 20.5 Å². The van der Waals surface area contributed by atoms with Crippen LogP contribution in [0.4, 0.5) is 0 Å². The Kier molecular flexibility index (Phi) is 2.67. The number of nitrogens with one attached hydrogen (secondary N) is 2. The van der Waals surface area contributed by atoms with E-state index >= 15 is 0 Å². The minimum atomic E-state index is 0.777. The van der Waals surface area contributed by atoms with Crippen LogP contribution in [0, 0.1) is 18.8 Å². The first-order valence-corrected chi connectivity index (χ1v) is 6.42. The highest BCUT2D eigenvalue weighted by molar-refractivity contribution is 4.95. The first-order chi connectivity index (χ1) is 7.81. The van der Waals surface area contributed by atoms with Crippen LogP contribution in [0.25, 0.3) is 0 Å². The van der Waals surface area contributed by atoms with Crippen molar-refractivity contribution in [3.63, 3.8) is 0 Å². The maximum absolute atomic E-state index is 4.32. The van der Waals surface area contributed by atoms with Crippen LogP contribution in [-0.4, -0.2) is 27.8 Å². The van der Waals surface area contributed by atoms with Crippen LogP contribution in [0.5, 0.6) is 0 Å². The molecule has 2 fully saturated rings. The van der Waals surface area contributed by atoms with Gasteiger partial charge in [0.05, 0.1) is 0 Å². The van der Waals surface area contributed by atoms with Crippen molar-refractivity contribution in [1.29, 1.82) is 0 Å². The van der Waals surface area contributed by atoms with Crippen LogP contribution in [0.3, 0.4) is 0 Å². The summed E-state index contributed by atoms with van der Waals surface area (Å²) in [6.07, 6.45) is 6.73. The molecule has 1 aromatic rings. The van der Waals surface area contributed by atoms with Gasteiger partial charge >= 0.3 is 0 Å². The van der Waals surface area contributed by atoms with Crippen molar-refractivity contribution in [3.05, 3.63) is 11.6 Å². The van der Waals surface area contributed by atoms with E-state index in [1.807, 2.05) is 6.92 Å². The zero-order chi connectivity index (χ0) is 11.0. The molecule has 4 nitrogen and oxygen atoms in total. The predicted molar refractivity (Wildman–Crippen MR) is 62.1 cm³/mol. The van der Waals surface area contributed by atoms with E-state index < -0.39 is 0 Å². The Hall–Kier alpha value is -0.900.